The quantitative estimate of drug-likeness (QED) is 0.723. The Morgan fingerprint density at radius 1 is 1.33 bits per heavy atom. The molecule has 0 unspecified atom stereocenters. The summed E-state index contributed by atoms with van der Waals surface area (Å²) in [6.07, 6.45) is 3.13. The molecule has 30 heavy (non-hydrogen) atoms. The van der Waals surface area contributed by atoms with Crippen LogP contribution in [-0.4, -0.2) is 35.3 Å². The summed E-state index contributed by atoms with van der Waals surface area (Å²) < 4.78 is 0. The number of nitrogens with one attached hydrogen (secondary N) is 2. The van der Waals surface area contributed by atoms with Gasteiger partial charge in [0.05, 0.1) is 5.56 Å². The SMILES string of the molecule is C[C@H]1CCc2c(sc(NC(=O)CN3C(=O)N[C@H](Cc4ccccc4)C3=O)c2C#N)C1. The number of nitrogens with zero attached hydrogens (tertiary/aromatic N) is 2. The highest BCUT2D eigenvalue weighted by Gasteiger charge is 2.39. The number of carbonyl (C=O) groups excluding carboxylic acids is 3. The Balaban J connectivity index is 1.43. The Morgan fingerprint density at radius 3 is 2.83 bits per heavy atom. The molecule has 1 aliphatic carbocycles. The smallest absolute Gasteiger partial charge is 0.325 e. The molecule has 7 nitrogen and oxygen atoms in total. The number of nitriles is 1. The molecule has 8 heteroatoms. The van der Waals surface area contributed by atoms with E-state index in [0.717, 1.165) is 40.2 Å². The molecule has 0 radical (unpaired) electrons. The maximum atomic E-state index is 12.6. The summed E-state index contributed by atoms with van der Waals surface area (Å²) in [6, 6.07) is 10.3. The fourth-order valence-corrected chi connectivity index (χ4v) is 5.36. The van der Waals surface area contributed by atoms with Crippen molar-refractivity contribution in [3.05, 3.63) is 51.9 Å². The zero-order chi connectivity index (χ0) is 21.3. The van der Waals surface area contributed by atoms with Crippen LogP contribution in [0.4, 0.5) is 9.80 Å². The number of thiophene rings is 1. The molecule has 154 valence electrons. The first-order valence-electron chi connectivity index (χ1n) is 9.96. The summed E-state index contributed by atoms with van der Waals surface area (Å²) >= 11 is 1.42. The van der Waals surface area contributed by atoms with Gasteiger partial charge in [-0.2, -0.15) is 5.26 Å². The van der Waals surface area contributed by atoms with E-state index in [0.29, 0.717) is 22.9 Å². The monoisotopic (exact) mass is 422 g/mol. The van der Waals surface area contributed by atoms with E-state index in [1.54, 1.807) is 0 Å². The highest BCUT2D eigenvalue weighted by Crippen LogP contribution is 2.39. The van der Waals surface area contributed by atoms with E-state index in [1.165, 1.54) is 11.3 Å². The molecule has 1 fully saturated rings. The van der Waals surface area contributed by atoms with Gasteiger partial charge in [-0.05, 0) is 36.3 Å². The first-order chi connectivity index (χ1) is 14.5. The van der Waals surface area contributed by atoms with Gasteiger partial charge in [0.2, 0.25) is 5.91 Å². The second kappa shape index (κ2) is 8.28. The lowest BCUT2D eigenvalue weighted by Crippen LogP contribution is -2.38. The van der Waals surface area contributed by atoms with Gasteiger partial charge in [-0.3, -0.25) is 14.5 Å². The van der Waals surface area contributed by atoms with Crippen LogP contribution in [0, 0.1) is 17.2 Å². The molecule has 1 saturated heterocycles. The van der Waals surface area contributed by atoms with Crippen molar-refractivity contribution >= 4 is 34.2 Å². The second-order valence-electron chi connectivity index (χ2n) is 7.83. The van der Waals surface area contributed by atoms with E-state index < -0.39 is 23.9 Å². The minimum absolute atomic E-state index is 0.373. The molecule has 2 heterocycles. The highest BCUT2D eigenvalue weighted by molar-refractivity contribution is 7.16. The Morgan fingerprint density at radius 2 is 2.10 bits per heavy atom. The van der Waals surface area contributed by atoms with Crippen molar-refractivity contribution in [3.63, 3.8) is 0 Å². The molecule has 1 aromatic heterocycles. The number of fused-ring (bicyclic) bond motifs is 1. The molecule has 2 atom stereocenters. The summed E-state index contributed by atoms with van der Waals surface area (Å²) in [4.78, 5) is 39.5. The molecule has 0 bridgehead atoms. The largest absolute Gasteiger partial charge is 0.325 e. The van der Waals surface area contributed by atoms with Crippen molar-refractivity contribution in [2.45, 2.75) is 38.6 Å². The molecule has 2 N–H and O–H groups in total. The van der Waals surface area contributed by atoms with Crippen LogP contribution in [0.25, 0.3) is 0 Å². The lowest BCUT2D eigenvalue weighted by molar-refractivity contribution is -0.130. The predicted octanol–water partition coefficient (Wildman–Crippen LogP) is 2.85. The van der Waals surface area contributed by atoms with Crippen LogP contribution in [0.3, 0.4) is 0 Å². The summed E-state index contributed by atoms with van der Waals surface area (Å²) in [5.74, 6) is -0.348. The van der Waals surface area contributed by atoms with Crippen LogP contribution < -0.4 is 10.6 Å². The van der Waals surface area contributed by atoms with E-state index in [-0.39, 0.29) is 6.54 Å². The number of urea groups is 1. The van der Waals surface area contributed by atoms with Crippen LogP contribution in [0.1, 0.15) is 34.9 Å². The summed E-state index contributed by atoms with van der Waals surface area (Å²) in [5, 5.41) is 15.5. The molecular weight excluding hydrogens is 400 g/mol. The Kier molecular flexibility index (Phi) is 5.55. The molecule has 4 amide bonds. The zero-order valence-electron chi connectivity index (χ0n) is 16.6. The maximum Gasteiger partial charge on any atom is 0.325 e. The number of carbonyl (C=O) groups is 3. The summed E-state index contributed by atoms with van der Waals surface area (Å²) in [7, 11) is 0. The van der Waals surface area contributed by atoms with Gasteiger partial charge < -0.3 is 10.6 Å². The summed E-state index contributed by atoms with van der Waals surface area (Å²) in [5.41, 5.74) is 2.46. The van der Waals surface area contributed by atoms with Crippen molar-refractivity contribution in [1.29, 1.82) is 5.26 Å². The van der Waals surface area contributed by atoms with Crippen molar-refractivity contribution in [2.75, 3.05) is 11.9 Å². The molecule has 0 spiro atoms. The minimum atomic E-state index is -0.682. The second-order valence-corrected chi connectivity index (χ2v) is 8.94. The molecule has 1 aliphatic heterocycles. The van der Waals surface area contributed by atoms with Gasteiger partial charge in [0.15, 0.2) is 0 Å². The number of amides is 4. The third-order valence-electron chi connectivity index (χ3n) is 5.57. The normalized spacial score (nSPS) is 20.5. The van der Waals surface area contributed by atoms with Gasteiger partial charge in [0.25, 0.3) is 5.91 Å². The maximum absolute atomic E-state index is 12.6. The Hall–Kier alpha value is -3.18. The van der Waals surface area contributed by atoms with Crippen molar-refractivity contribution < 1.29 is 14.4 Å². The van der Waals surface area contributed by atoms with E-state index in [9.17, 15) is 19.6 Å². The topological polar surface area (TPSA) is 102 Å². The first kappa shape index (κ1) is 20.1. The number of imide groups is 1. The predicted molar refractivity (Wildman–Crippen MR) is 113 cm³/mol. The molecule has 2 aromatic rings. The average Bonchev–Trinajstić information content (AvgIpc) is 3.19. The van der Waals surface area contributed by atoms with Gasteiger partial charge in [-0.1, -0.05) is 37.3 Å². The third kappa shape index (κ3) is 3.94. The number of hydrogen-bond acceptors (Lipinski definition) is 5. The van der Waals surface area contributed by atoms with Gasteiger partial charge in [0.1, 0.15) is 23.7 Å². The summed E-state index contributed by atoms with van der Waals surface area (Å²) in [6.45, 7) is 1.80. The van der Waals surface area contributed by atoms with Crippen LogP contribution in [0.5, 0.6) is 0 Å². The fourth-order valence-electron chi connectivity index (χ4n) is 3.98. The average molecular weight is 423 g/mol. The van der Waals surface area contributed by atoms with E-state index in [1.807, 2.05) is 30.3 Å². The Bertz CT molecular complexity index is 1040. The molecule has 1 aromatic carbocycles. The Labute approximate surface area is 178 Å². The van der Waals surface area contributed by atoms with Gasteiger partial charge in [0, 0.05) is 11.3 Å². The van der Waals surface area contributed by atoms with E-state index in [2.05, 4.69) is 23.6 Å². The molecule has 4 rings (SSSR count). The number of anilines is 1. The van der Waals surface area contributed by atoms with E-state index >= 15 is 0 Å². The van der Waals surface area contributed by atoms with Crippen molar-refractivity contribution in [1.82, 2.24) is 10.2 Å². The minimum Gasteiger partial charge on any atom is -0.325 e. The van der Waals surface area contributed by atoms with Gasteiger partial charge >= 0.3 is 6.03 Å². The molecule has 2 aliphatic rings. The first-order valence-corrected chi connectivity index (χ1v) is 10.8. The molecule has 0 saturated carbocycles. The lowest BCUT2D eigenvalue weighted by Gasteiger charge is -2.17. The highest BCUT2D eigenvalue weighted by atomic mass is 32.1. The molecular formula is C22H22N4O3S. The standard InChI is InChI=1S/C22H22N4O3S/c1-13-7-8-15-16(11-23)20(30-18(15)9-13)25-19(27)12-26-21(28)17(24-22(26)29)10-14-5-3-2-4-6-14/h2-6,13,17H,7-10,12H2,1H3,(H,24,29)(H,25,27)/t13-,17+/m0/s1. The van der Waals surface area contributed by atoms with Gasteiger partial charge in [-0.15, -0.1) is 11.3 Å². The number of rotatable bonds is 5. The zero-order valence-corrected chi connectivity index (χ0v) is 17.4. The van der Waals surface area contributed by atoms with Crippen LogP contribution in [-0.2, 0) is 28.9 Å². The lowest BCUT2D eigenvalue weighted by atomic mass is 9.89. The van der Waals surface area contributed by atoms with Crippen molar-refractivity contribution in [2.24, 2.45) is 5.92 Å². The number of hydrogen-bond donors (Lipinski definition) is 2. The number of benzene rings is 1. The third-order valence-corrected chi connectivity index (χ3v) is 6.74. The fraction of sp³-hybridized carbons (Fsp3) is 0.364. The van der Waals surface area contributed by atoms with Crippen LogP contribution >= 0.6 is 11.3 Å². The van der Waals surface area contributed by atoms with Crippen LogP contribution in [0.2, 0.25) is 0 Å². The van der Waals surface area contributed by atoms with Crippen molar-refractivity contribution in [3.8, 4) is 6.07 Å². The van der Waals surface area contributed by atoms with Gasteiger partial charge in [-0.25, -0.2) is 4.79 Å². The van der Waals surface area contributed by atoms with E-state index in [4.69, 9.17) is 0 Å². The van der Waals surface area contributed by atoms with Crippen LogP contribution in [0.15, 0.2) is 30.3 Å².